The standard InChI is InChI=1S/C30H34N2O6S/c1-4-16-31(20-10-12-22(38-3)13-11-20)27(35)25-30-15-14-29(2,39-30)24(28(36)37)23(30)26(34)32(25)21(18-33)17-19-8-6-5-7-9-19/h4-13,21,23-25,33H,1,14-18H2,2-3H3,(H,36,37)/t21-,23+,24-,25?,29+,30?/m1/s1. The second-order valence-electron chi connectivity index (χ2n) is 10.8. The molecule has 2 N–H and O–H groups in total. The van der Waals surface area contributed by atoms with Gasteiger partial charge in [0, 0.05) is 17.0 Å². The summed E-state index contributed by atoms with van der Waals surface area (Å²) in [5.74, 6) is -2.79. The summed E-state index contributed by atoms with van der Waals surface area (Å²) in [6.45, 7) is 5.61. The van der Waals surface area contributed by atoms with Crippen molar-refractivity contribution in [2.45, 2.75) is 47.8 Å². The fraction of sp³-hybridized carbons (Fsp3) is 0.433. The van der Waals surface area contributed by atoms with Crippen LogP contribution < -0.4 is 9.64 Å². The lowest BCUT2D eigenvalue weighted by atomic mass is 9.66. The van der Waals surface area contributed by atoms with E-state index in [1.807, 2.05) is 37.3 Å². The molecule has 3 aliphatic rings. The summed E-state index contributed by atoms with van der Waals surface area (Å²) in [4.78, 5) is 44.6. The van der Waals surface area contributed by atoms with Crippen LogP contribution in [-0.4, -0.2) is 74.7 Å². The predicted octanol–water partition coefficient (Wildman–Crippen LogP) is 3.38. The normalized spacial score (nSPS) is 29.7. The van der Waals surface area contributed by atoms with E-state index in [1.54, 1.807) is 42.4 Å². The summed E-state index contributed by atoms with van der Waals surface area (Å²) < 4.78 is 3.74. The first kappa shape index (κ1) is 27.3. The lowest BCUT2D eigenvalue weighted by molar-refractivity contribution is -0.150. The molecule has 0 aliphatic carbocycles. The minimum Gasteiger partial charge on any atom is -0.497 e. The summed E-state index contributed by atoms with van der Waals surface area (Å²) in [5.41, 5.74) is 1.54. The number of carboxylic acids is 1. The number of hydrogen-bond acceptors (Lipinski definition) is 6. The summed E-state index contributed by atoms with van der Waals surface area (Å²) >= 11 is 1.48. The number of fused-ring (bicyclic) bond motifs is 1. The Bertz CT molecular complexity index is 1270. The van der Waals surface area contributed by atoms with Crippen LogP contribution in [0.4, 0.5) is 5.69 Å². The largest absolute Gasteiger partial charge is 0.497 e. The molecule has 8 nitrogen and oxygen atoms in total. The van der Waals surface area contributed by atoms with Crippen molar-refractivity contribution in [1.82, 2.24) is 4.90 Å². The van der Waals surface area contributed by atoms with Crippen LogP contribution in [0.3, 0.4) is 0 Å². The Labute approximate surface area is 232 Å². The van der Waals surface area contributed by atoms with Crippen LogP contribution in [-0.2, 0) is 20.8 Å². The number of anilines is 1. The highest BCUT2D eigenvalue weighted by molar-refractivity contribution is 8.02. The van der Waals surface area contributed by atoms with Gasteiger partial charge in [0.1, 0.15) is 11.8 Å². The maximum atomic E-state index is 14.6. The summed E-state index contributed by atoms with van der Waals surface area (Å²) in [7, 11) is 1.57. The van der Waals surface area contributed by atoms with Crippen LogP contribution >= 0.6 is 11.8 Å². The molecule has 0 radical (unpaired) electrons. The third-order valence-electron chi connectivity index (χ3n) is 8.59. The van der Waals surface area contributed by atoms with Gasteiger partial charge in [-0.2, -0.15) is 0 Å². The van der Waals surface area contributed by atoms with Gasteiger partial charge in [-0.05, 0) is 56.0 Å². The second kappa shape index (κ2) is 10.4. The number of amides is 2. The monoisotopic (exact) mass is 550 g/mol. The molecule has 3 saturated heterocycles. The highest BCUT2D eigenvalue weighted by Crippen LogP contribution is 2.71. The van der Waals surface area contributed by atoms with Crippen molar-refractivity contribution >= 4 is 35.2 Å². The topological polar surface area (TPSA) is 107 Å². The fourth-order valence-electron chi connectivity index (χ4n) is 6.91. The van der Waals surface area contributed by atoms with E-state index < -0.39 is 39.4 Å². The molecule has 2 unspecified atom stereocenters. The molecule has 2 aromatic rings. The highest BCUT2D eigenvalue weighted by atomic mass is 32.2. The molecule has 39 heavy (non-hydrogen) atoms. The number of benzene rings is 2. The van der Waals surface area contributed by atoms with Crippen molar-refractivity contribution in [2.24, 2.45) is 11.8 Å². The van der Waals surface area contributed by atoms with E-state index in [-0.39, 0.29) is 25.0 Å². The average molecular weight is 551 g/mol. The summed E-state index contributed by atoms with van der Waals surface area (Å²) in [5, 5.41) is 20.8. The van der Waals surface area contributed by atoms with Crippen LogP contribution in [0.1, 0.15) is 25.3 Å². The Balaban J connectivity index is 1.62. The van der Waals surface area contributed by atoms with Crippen LogP contribution in [0.15, 0.2) is 67.3 Å². The highest BCUT2D eigenvalue weighted by Gasteiger charge is 2.78. The van der Waals surface area contributed by atoms with E-state index in [2.05, 4.69) is 6.58 Å². The van der Waals surface area contributed by atoms with Gasteiger partial charge in [0.05, 0.1) is 36.3 Å². The zero-order chi connectivity index (χ0) is 27.9. The van der Waals surface area contributed by atoms with Crippen molar-refractivity contribution in [3.05, 3.63) is 72.8 Å². The average Bonchev–Trinajstić information content (AvgIpc) is 3.51. The maximum absolute atomic E-state index is 14.6. The first-order valence-electron chi connectivity index (χ1n) is 13.2. The molecule has 5 rings (SSSR count). The first-order valence-corrected chi connectivity index (χ1v) is 14.0. The molecule has 0 aromatic heterocycles. The predicted molar refractivity (Wildman–Crippen MR) is 150 cm³/mol. The van der Waals surface area contributed by atoms with Crippen molar-refractivity contribution in [3.63, 3.8) is 0 Å². The molecule has 3 heterocycles. The number of ether oxygens (including phenoxy) is 1. The third kappa shape index (κ3) is 4.32. The van der Waals surface area contributed by atoms with Gasteiger partial charge in [-0.1, -0.05) is 36.4 Å². The van der Waals surface area contributed by atoms with Gasteiger partial charge in [-0.25, -0.2) is 0 Å². The van der Waals surface area contributed by atoms with E-state index in [0.29, 0.717) is 30.7 Å². The number of aliphatic carboxylic acids is 1. The van der Waals surface area contributed by atoms with Gasteiger partial charge in [-0.3, -0.25) is 14.4 Å². The van der Waals surface area contributed by atoms with Crippen LogP contribution in [0.25, 0.3) is 0 Å². The van der Waals surface area contributed by atoms with Crippen LogP contribution in [0, 0.1) is 11.8 Å². The van der Waals surface area contributed by atoms with Crippen molar-refractivity contribution in [1.29, 1.82) is 0 Å². The van der Waals surface area contributed by atoms with Crippen molar-refractivity contribution in [2.75, 3.05) is 25.2 Å². The molecule has 206 valence electrons. The molecule has 0 saturated carbocycles. The Morgan fingerprint density at radius 1 is 1.21 bits per heavy atom. The van der Waals surface area contributed by atoms with Gasteiger partial charge in [-0.15, -0.1) is 18.3 Å². The van der Waals surface area contributed by atoms with Gasteiger partial charge in [0.25, 0.3) is 5.91 Å². The van der Waals surface area contributed by atoms with Gasteiger partial charge in [0.15, 0.2) is 0 Å². The van der Waals surface area contributed by atoms with E-state index in [1.165, 1.54) is 16.7 Å². The van der Waals surface area contributed by atoms with Gasteiger partial charge < -0.3 is 24.7 Å². The molecular weight excluding hydrogens is 516 g/mol. The van der Waals surface area contributed by atoms with Crippen molar-refractivity contribution in [3.8, 4) is 5.75 Å². The SMILES string of the molecule is C=CCN(C(=O)C1N([C@@H](CO)Cc2ccccc2)C(=O)[C@@H]2[C@H](C(=O)O)[C@]3(C)CCC12S3)c1ccc(OC)cc1. The molecule has 3 aliphatic heterocycles. The smallest absolute Gasteiger partial charge is 0.308 e. The lowest BCUT2D eigenvalue weighted by Crippen LogP contribution is -2.58. The Hall–Kier alpha value is -3.30. The minimum absolute atomic E-state index is 0.206. The Kier molecular flexibility index (Phi) is 7.24. The van der Waals surface area contributed by atoms with Gasteiger partial charge in [0.2, 0.25) is 5.91 Å². The zero-order valence-corrected chi connectivity index (χ0v) is 23.0. The van der Waals surface area contributed by atoms with E-state index in [4.69, 9.17) is 4.74 Å². The minimum atomic E-state index is -1.01. The number of carbonyl (C=O) groups excluding carboxylic acids is 2. The van der Waals surface area contributed by atoms with E-state index >= 15 is 0 Å². The van der Waals surface area contributed by atoms with E-state index in [9.17, 15) is 24.6 Å². The van der Waals surface area contributed by atoms with E-state index in [0.717, 1.165) is 5.56 Å². The quantitative estimate of drug-likeness (QED) is 0.437. The molecule has 2 bridgehead atoms. The maximum Gasteiger partial charge on any atom is 0.308 e. The molecule has 6 atom stereocenters. The molecule has 9 heteroatoms. The van der Waals surface area contributed by atoms with Crippen LogP contribution in [0.5, 0.6) is 5.75 Å². The van der Waals surface area contributed by atoms with Gasteiger partial charge >= 0.3 is 5.97 Å². The van der Waals surface area contributed by atoms with Crippen molar-refractivity contribution < 1.29 is 29.3 Å². The number of carbonyl (C=O) groups is 3. The zero-order valence-electron chi connectivity index (χ0n) is 22.2. The number of likely N-dealkylation sites (tertiary alicyclic amines) is 1. The fourth-order valence-corrected chi connectivity index (χ4v) is 9.24. The number of aliphatic hydroxyl groups excluding tert-OH is 1. The number of methoxy groups -OCH3 is 1. The number of nitrogens with zero attached hydrogens (tertiary/aromatic N) is 2. The summed E-state index contributed by atoms with van der Waals surface area (Å²) in [6, 6.07) is 15.0. The third-order valence-corrected chi connectivity index (χ3v) is 10.6. The number of rotatable bonds is 10. The number of thioether (sulfide) groups is 1. The number of hydrogen-bond donors (Lipinski definition) is 2. The Morgan fingerprint density at radius 3 is 2.49 bits per heavy atom. The number of carboxylic acid groups (broad SMARTS) is 1. The number of aliphatic hydroxyl groups is 1. The second-order valence-corrected chi connectivity index (χ2v) is 12.7. The molecule has 2 amide bonds. The van der Waals surface area contributed by atoms with Crippen LogP contribution in [0.2, 0.25) is 0 Å². The molecule has 2 aromatic carbocycles. The molecule has 1 spiro atoms. The molecule has 3 fully saturated rings. The first-order chi connectivity index (χ1) is 18.7. The molecular formula is C30H34N2O6S. The summed E-state index contributed by atoms with van der Waals surface area (Å²) in [6.07, 6.45) is 3.13. The Morgan fingerprint density at radius 2 is 1.90 bits per heavy atom. The lowest BCUT2D eigenvalue weighted by Gasteiger charge is -2.39.